The number of rotatable bonds is 11. The Kier molecular flexibility index (Phi) is 10.1. The maximum Gasteiger partial charge on any atom is 0.244 e. The van der Waals surface area contributed by atoms with Crippen LogP contribution in [-0.2, 0) is 26.2 Å². The van der Waals surface area contributed by atoms with E-state index in [1.54, 1.807) is 43.3 Å². The molecule has 0 aliphatic rings. The summed E-state index contributed by atoms with van der Waals surface area (Å²) in [4.78, 5) is 27.6. The van der Waals surface area contributed by atoms with Crippen molar-refractivity contribution >= 4 is 50.1 Å². The van der Waals surface area contributed by atoms with Crippen LogP contribution in [0.2, 0.25) is 0 Å². The number of hydrogen-bond donors (Lipinski definition) is 1. The Labute approximate surface area is 208 Å². The molecule has 0 aromatic heterocycles. The molecule has 180 valence electrons. The van der Waals surface area contributed by atoms with Gasteiger partial charge in [-0.15, -0.1) is 0 Å². The summed E-state index contributed by atoms with van der Waals surface area (Å²) in [5.74, 6) is -1.25. The first-order valence-corrected chi connectivity index (χ1v) is 13.5. The van der Waals surface area contributed by atoms with Crippen molar-refractivity contribution in [3.63, 3.8) is 0 Å². The molecule has 33 heavy (non-hydrogen) atoms. The van der Waals surface area contributed by atoms with E-state index in [1.807, 2.05) is 6.92 Å². The van der Waals surface area contributed by atoms with E-state index in [1.165, 1.54) is 17.0 Å². The molecule has 0 heterocycles. The molecular weight excluding hydrogens is 560 g/mol. The second kappa shape index (κ2) is 12.3. The minimum absolute atomic E-state index is 0.0431. The molecule has 0 aliphatic carbocycles. The molecule has 0 saturated carbocycles. The zero-order valence-corrected chi connectivity index (χ0v) is 21.9. The number of carbonyl (C=O) groups excluding carboxylic acids is 2. The van der Waals surface area contributed by atoms with E-state index >= 15 is 0 Å². The summed E-state index contributed by atoms with van der Waals surface area (Å²) in [5, 5.41) is 2.81. The number of anilines is 1. The Morgan fingerprint density at radius 2 is 1.67 bits per heavy atom. The van der Waals surface area contributed by atoms with Crippen molar-refractivity contribution in [2.45, 2.75) is 39.3 Å². The van der Waals surface area contributed by atoms with Crippen LogP contribution in [0.3, 0.4) is 0 Å². The number of hydrogen-bond acceptors (Lipinski definition) is 4. The smallest absolute Gasteiger partial charge is 0.244 e. The van der Waals surface area contributed by atoms with Gasteiger partial charge in [0, 0.05) is 16.7 Å². The van der Waals surface area contributed by atoms with Gasteiger partial charge in [-0.3, -0.25) is 13.9 Å². The first-order valence-electron chi connectivity index (χ1n) is 10.6. The third kappa shape index (κ3) is 7.95. The van der Waals surface area contributed by atoms with Gasteiger partial charge in [0.15, 0.2) is 0 Å². The molecule has 2 aromatic carbocycles. The van der Waals surface area contributed by atoms with Gasteiger partial charge in [-0.25, -0.2) is 12.8 Å². The summed E-state index contributed by atoms with van der Waals surface area (Å²) in [6.45, 7) is 3.76. The Balaban J connectivity index is 2.39. The van der Waals surface area contributed by atoms with Crippen LogP contribution in [0.15, 0.2) is 48.5 Å². The number of halogens is 2. The van der Waals surface area contributed by atoms with E-state index in [0.717, 1.165) is 20.6 Å². The molecule has 0 spiro atoms. The fraction of sp³-hybridized carbons (Fsp3) is 0.391. The molecular formula is C23H29FIN3O4S. The van der Waals surface area contributed by atoms with Gasteiger partial charge in [-0.05, 0) is 77.4 Å². The highest BCUT2D eigenvalue weighted by Gasteiger charge is 2.31. The minimum Gasteiger partial charge on any atom is -0.354 e. The number of nitrogens with one attached hydrogen (secondary N) is 1. The number of nitrogens with zero attached hydrogens (tertiary/aromatic N) is 2. The average Bonchev–Trinajstić information content (AvgIpc) is 2.77. The maximum atomic E-state index is 13.5. The van der Waals surface area contributed by atoms with Crippen LogP contribution in [0.25, 0.3) is 0 Å². The molecule has 1 atom stereocenters. The molecule has 0 fully saturated rings. The fourth-order valence-corrected chi connectivity index (χ4v) is 4.50. The summed E-state index contributed by atoms with van der Waals surface area (Å²) in [5.41, 5.74) is 0.989. The largest absolute Gasteiger partial charge is 0.354 e. The Bertz CT molecular complexity index is 1050. The van der Waals surface area contributed by atoms with E-state index in [4.69, 9.17) is 0 Å². The van der Waals surface area contributed by atoms with Gasteiger partial charge in [-0.1, -0.05) is 26.0 Å². The molecule has 0 saturated heterocycles. The van der Waals surface area contributed by atoms with Crippen molar-refractivity contribution in [2.24, 2.45) is 0 Å². The third-order valence-electron chi connectivity index (χ3n) is 5.00. The van der Waals surface area contributed by atoms with Crippen LogP contribution < -0.4 is 9.62 Å². The molecule has 1 unspecified atom stereocenters. The summed E-state index contributed by atoms with van der Waals surface area (Å²) >= 11 is 2.11. The zero-order valence-electron chi connectivity index (χ0n) is 18.9. The molecule has 0 aliphatic heterocycles. The number of amides is 2. The lowest BCUT2D eigenvalue weighted by molar-refractivity contribution is -0.140. The van der Waals surface area contributed by atoms with Gasteiger partial charge in [0.05, 0.1) is 11.9 Å². The summed E-state index contributed by atoms with van der Waals surface area (Å²) < 4.78 is 40.4. The summed E-state index contributed by atoms with van der Waals surface area (Å²) in [7, 11) is -3.77. The first kappa shape index (κ1) is 27.0. The highest BCUT2D eigenvalue weighted by Crippen LogP contribution is 2.21. The Hall–Kier alpha value is -2.21. The van der Waals surface area contributed by atoms with Crippen molar-refractivity contribution in [1.29, 1.82) is 0 Å². The number of sulfonamides is 1. The second-order valence-corrected chi connectivity index (χ2v) is 10.8. The zero-order chi connectivity index (χ0) is 24.6. The van der Waals surface area contributed by atoms with Gasteiger partial charge in [0.25, 0.3) is 0 Å². The summed E-state index contributed by atoms with van der Waals surface area (Å²) in [6.07, 6.45) is 2.11. The highest BCUT2D eigenvalue weighted by atomic mass is 127. The third-order valence-corrected chi connectivity index (χ3v) is 6.85. The highest BCUT2D eigenvalue weighted by molar-refractivity contribution is 14.1. The molecule has 10 heteroatoms. The van der Waals surface area contributed by atoms with Gasteiger partial charge in [-0.2, -0.15) is 0 Å². The molecule has 2 aromatic rings. The minimum atomic E-state index is -3.77. The van der Waals surface area contributed by atoms with Gasteiger partial charge in [0.2, 0.25) is 21.8 Å². The monoisotopic (exact) mass is 589 g/mol. The molecule has 1 N–H and O–H groups in total. The molecule has 0 radical (unpaired) electrons. The summed E-state index contributed by atoms with van der Waals surface area (Å²) in [6, 6.07) is 11.6. The molecule has 0 bridgehead atoms. The van der Waals surface area contributed by atoms with Crippen LogP contribution >= 0.6 is 22.6 Å². The van der Waals surface area contributed by atoms with Crippen molar-refractivity contribution in [3.8, 4) is 0 Å². The van der Waals surface area contributed by atoms with E-state index in [0.29, 0.717) is 24.2 Å². The van der Waals surface area contributed by atoms with Gasteiger partial charge >= 0.3 is 0 Å². The Morgan fingerprint density at radius 3 is 2.18 bits per heavy atom. The van der Waals surface area contributed by atoms with E-state index in [2.05, 4.69) is 27.9 Å². The lowest BCUT2D eigenvalue weighted by Gasteiger charge is -2.32. The fourth-order valence-electron chi connectivity index (χ4n) is 3.29. The predicted octanol–water partition coefficient (Wildman–Crippen LogP) is 3.53. The van der Waals surface area contributed by atoms with Crippen molar-refractivity contribution < 1.29 is 22.4 Å². The van der Waals surface area contributed by atoms with Crippen LogP contribution in [0.5, 0.6) is 0 Å². The molecule has 2 amide bonds. The van der Waals surface area contributed by atoms with Crippen LogP contribution in [-0.4, -0.2) is 50.5 Å². The van der Waals surface area contributed by atoms with E-state index in [9.17, 15) is 22.4 Å². The molecule has 2 rings (SSSR count). The lowest BCUT2D eigenvalue weighted by Crippen LogP contribution is -2.52. The quantitative estimate of drug-likeness (QED) is 0.407. The van der Waals surface area contributed by atoms with Gasteiger partial charge in [0.1, 0.15) is 18.4 Å². The molecule has 7 nitrogen and oxygen atoms in total. The SMILES string of the molecule is CCCNC(=O)C(CC)N(Cc1ccc(F)cc1)C(=O)CN(c1ccc(I)cc1)S(C)(=O)=O. The van der Waals surface area contributed by atoms with Crippen molar-refractivity contribution in [1.82, 2.24) is 10.2 Å². The van der Waals surface area contributed by atoms with Gasteiger partial charge < -0.3 is 10.2 Å². The number of benzene rings is 2. The van der Waals surface area contributed by atoms with E-state index in [-0.39, 0.29) is 12.5 Å². The predicted molar refractivity (Wildman–Crippen MR) is 136 cm³/mol. The van der Waals surface area contributed by atoms with E-state index < -0.39 is 34.3 Å². The second-order valence-electron chi connectivity index (χ2n) is 7.61. The lowest BCUT2D eigenvalue weighted by atomic mass is 10.1. The maximum absolute atomic E-state index is 13.5. The average molecular weight is 589 g/mol. The van der Waals surface area contributed by atoms with Crippen LogP contribution in [0.4, 0.5) is 10.1 Å². The first-order chi connectivity index (χ1) is 15.6. The van der Waals surface area contributed by atoms with Crippen molar-refractivity contribution in [3.05, 3.63) is 63.5 Å². The number of carbonyl (C=O) groups is 2. The van der Waals surface area contributed by atoms with Crippen LogP contribution in [0.1, 0.15) is 32.3 Å². The Morgan fingerprint density at radius 1 is 1.06 bits per heavy atom. The standard InChI is InChI=1S/C23H29FIN3O4S/c1-4-14-26-23(30)21(5-2)27(15-17-6-8-18(24)9-7-17)22(29)16-28(33(3,31)32)20-12-10-19(25)11-13-20/h6-13,21H,4-5,14-16H2,1-3H3,(H,26,30). The van der Waals surface area contributed by atoms with Crippen LogP contribution in [0, 0.1) is 9.39 Å². The normalized spacial score (nSPS) is 12.2. The van der Waals surface area contributed by atoms with Crippen molar-refractivity contribution in [2.75, 3.05) is 23.7 Å². The topological polar surface area (TPSA) is 86.8 Å².